The van der Waals surface area contributed by atoms with Gasteiger partial charge >= 0.3 is 0 Å². The number of methoxy groups -OCH3 is 1. The molecule has 0 atom stereocenters. The second kappa shape index (κ2) is 9.47. The zero-order valence-corrected chi connectivity index (χ0v) is 18.8. The summed E-state index contributed by atoms with van der Waals surface area (Å²) in [5, 5.41) is 9.08. The number of rotatable bonds is 7. The molecule has 0 aliphatic carbocycles. The van der Waals surface area contributed by atoms with Crippen LogP contribution in [0.25, 0.3) is 22.8 Å². The average Bonchev–Trinajstić information content (AvgIpc) is 3.55. The SMILES string of the molecule is COc1ccccc1-c1ccc(Cn2c(Cc3ccc(C#N)cc3)cnc2-c2ncc[nH]2)cc1. The van der Waals surface area contributed by atoms with Crippen molar-refractivity contribution >= 4 is 0 Å². The Kier molecular flexibility index (Phi) is 5.91. The molecule has 0 saturated carbocycles. The second-order valence-corrected chi connectivity index (χ2v) is 7.98. The van der Waals surface area contributed by atoms with Crippen LogP contribution in [-0.4, -0.2) is 26.6 Å². The van der Waals surface area contributed by atoms with Crippen molar-refractivity contribution in [3.8, 4) is 34.6 Å². The maximum Gasteiger partial charge on any atom is 0.176 e. The molecule has 0 bridgehead atoms. The van der Waals surface area contributed by atoms with Gasteiger partial charge in [-0.05, 0) is 34.9 Å². The molecular weight excluding hydrogens is 422 g/mol. The van der Waals surface area contributed by atoms with Gasteiger partial charge in [-0.2, -0.15) is 5.26 Å². The molecule has 0 aliphatic rings. The maximum absolute atomic E-state index is 9.08. The van der Waals surface area contributed by atoms with Crippen molar-refractivity contribution in [1.82, 2.24) is 19.5 Å². The Morgan fingerprint density at radius 3 is 2.41 bits per heavy atom. The van der Waals surface area contributed by atoms with Gasteiger partial charge in [0.25, 0.3) is 0 Å². The highest BCUT2D eigenvalue weighted by molar-refractivity contribution is 5.70. The number of nitriles is 1. The van der Waals surface area contributed by atoms with Gasteiger partial charge in [0.15, 0.2) is 11.6 Å². The third-order valence-corrected chi connectivity index (χ3v) is 5.83. The molecule has 5 aromatic rings. The fraction of sp³-hybridized carbons (Fsp3) is 0.107. The molecule has 6 heteroatoms. The van der Waals surface area contributed by atoms with Crippen molar-refractivity contribution in [2.24, 2.45) is 0 Å². The fourth-order valence-corrected chi connectivity index (χ4v) is 4.07. The maximum atomic E-state index is 9.08. The van der Waals surface area contributed by atoms with Gasteiger partial charge in [-0.3, -0.25) is 0 Å². The van der Waals surface area contributed by atoms with Crippen LogP contribution >= 0.6 is 0 Å². The van der Waals surface area contributed by atoms with Gasteiger partial charge in [0.2, 0.25) is 0 Å². The molecule has 2 heterocycles. The van der Waals surface area contributed by atoms with Crippen molar-refractivity contribution in [3.05, 3.63) is 114 Å². The van der Waals surface area contributed by atoms with E-state index in [0.29, 0.717) is 18.5 Å². The number of aromatic amines is 1. The van der Waals surface area contributed by atoms with E-state index < -0.39 is 0 Å². The summed E-state index contributed by atoms with van der Waals surface area (Å²) in [6.45, 7) is 0.661. The summed E-state index contributed by atoms with van der Waals surface area (Å²) in [5.41, 5.74) is 6.18. The van der Waals surface area contributed by atoms with Crippen molar-refractivity contribution in [1.29, 1.82) is 5.26 Å². The van der Waals surface area contributed by atoms with Crippen LogP contribution in [0.5, 0.6) is 5.75 Å². The van der Waals surface area contributed by atoms with Gasteiger partial charge in [-0.25, -0.2) is 9.97 Å². The number of hydrogen-bond acceptors (Lipinski definition) is 4. The van der Waals surface area contributed by atoms with Crippen LogP contribution in [0.15, 0.2) is 91.4 Å². The Bertz CT molecular complexity index is 1430. The molecule has 0 amide bonds. The monoisotopic (exact) mass is 445 g/mol. The molecule has 0 saturated heterocycles. The van der Waals surface area contributed by atoms with E-state index in [1.807, 2.05) is 48.7 Å². The van der Waals surface area contributed by atoms with E-state index in [9.17, 15) is 0 Å². The number of nitrogens with one attached hydrogen (secondary N) is 1. The van der Waals surface area contributed by atoms with E-state index in [4.69, 9.17) is 10.00 Å². The molecule has 5 rings (SSSR count). The molecule has 0 unspecified atom stereocenters. The van der Waals surface area contributed by atoms with E-state index in [1.165, 1.54) is 0 Å². The lowest BCUT2D eigenvalue weighted by Crippen LogP contribution is -2.08. The number of ether oxygens (including phenoxy) is 1. The standard InChI is InChI=1S/C28H23N5O/c1-34-26-5-3-2-4-25(26)23-12-10-22(11-13-23)19-33-24(16-20-6-8-21(17-29)9-7-20)18-32-28(33)27-30-14-15-31-27/h2-15,18H,16,19H2,1H3,(H,30,31). The summed E-state index contributed by atoms with van der Waals surface area (Å²) < 4.78 is 7.71. The average molecular weight is 446 g/mol. The molecule has 1 N–H and O–H groups in total. The lowest BCUT2D eigenvalue weighted by atomic mass is 10.0. The Labute approximate surface area is 198 Å². The zero-order chi connectivity index (χ0) is 23.3. The molecule has 0 fully saturated rings. The van der Waals surface area contributed by atoms with Crippen LogP contribution in [-0.2, 0) is 13.0 Å². The first-order valence-corrected chi connectivity index (χ1v) is 11.0. The van der Waals surface area contributed by atoms with Crippen molar-refractivity contribution in [2.45, 2.75) is 13.0 Å². The molecule has 0 spiro atoms. The topological polar surface area (TPSA) is 79.5 Å². The Morgan fingerprint density at radius 2 is 1.71 bits per heavy atom. The van der Waals surface area contributed by atoms with Crippen molar-refractivity contribution < 1.29 is 4.74 Å². The summed E-state index contributed by atoms with van der Waals surface area (Å²) in [4.78, 5) is 12.3. The van der Waals surface area contributed by atoms with Crippen LogP contribution in [0.4, 0.5) is 0 Å². The first kappa shape index (κ1) is 21.2. The molecule has 166 valence electrons. The van der Waals surface area contributed by atoms with Gasteiger partial charge in [0, 0.05) is 42.8 Å². The lowest BCUT2D eigenvalue weighted by Gasteiger charge is -2.13. The minimum atomic E-state index is 0.656. The van der Waals surface area contributed by atoms with Crippen LogP contribution in [0.1, 0.15) is 22.4 Å². The highest BCUT2D eigenvalue weighted by atomic mass is 16.5. The second-order valence-electron chi connectivity index (χ2n) is 7.98. The Hall–Kier alpha value is -4.63. The van der Waals surface area contributed by atoms with Crippen molar-refractivity contribution in [2.75, 3.05) is 7.11 Å². The van der Waals surface area contributed by atoms with Gasteiger partial charge in [-0.15, -0.1) is 0 Å². The number of H-pyrrole nitrogens is 1. The van der Waals surface area contributed by atoms with Crippen LogP contribution in [0.2, 0.25) is 0 Å². The van der Waals surface area contributed by atoms with E-state index in [1.54, 1.807) is 19.5 Å². The third kappa shape index (κ3) is 4.32. The van der Waals surface area contributed by atoms with Crippen molar-refractivity contribution in [3.63, 3.8) is 0 Å². The summed E-state index contributed by atoms with van der Waals surface area (Å²) in [6.07, 6.45) is 6.14. The molecule has 3 aromatic carbocycles. The number of imidazole rings is 2. The quantitative estimate of drug-likeness (QED) is 0.361. The number of hydrogen-bond donors (Lipinski definition) is 1. The van der Waals surface area contributed by atoms with Gasteiger partial charge in [-0.1, -0.05) is 54.6 Å². The smallest absolute Gasteiger partial charge is 0.176 e. The minimum absolute atomic E-state index is 0.656. The molecule has 6 nitrogen and oxygen atoms in total. The van der Waals surface area contributed by atoms with Gasteiger partial charge in [0.1, 0.15) is 5.75 Å². The molecule has 2 aromatic heterocycles. The molecule has 0 radical (unpaired) electrons. The molecular formula is C28H23N5O. The predicted octanol–water partition coefficient (Wildman–Crippen LogP) is 5.46. The van der Waals surface area contributed by atoms with E-state index in [-0.39, 0.29) is 0 Å². The highest BCUT2D eigenvalue weighted by Crippen LogP contribution is 2.30. The number of nitrogens with zero attached hydrogens (tertiary/aromatic N) is 4. The third-order valence-electron chi connectivity index (χ3n) is 5.83. The van der Waals surface area contributed by atoms with Crippen LogP contribution in [0, 0.1) is 11.3 Å². The highest BCUT2D eigenvalue weighted by Gasteiger charge is 2.15. The lowest BCUT2D eigenvalue weighted by molar-refractivity contribution is 0.416. The zero-order valence-electron chi connectivity index (χ0n) is 18.8. The predicted molar refractivity (Wildman–Crippen MR) is 131 cm³/mol. The van der Waals surface area contributed by atoms with E-state index in [0.717, 1.165) is 45.3 Å². The van der Waals surface area contributed by atoms with Gasteiger partial charge < -0.3 is 14.3 Å². The van der Waals surface area contributed by atoms with Crippen LogP contribution in [0.3, 0.4) is 0 Å². The summed E-state index contributed by atoms with van der Waals surface area (Å²) in [5.74, 6) is 2.38. The molecule has 0 aliphatic heterocycles. The first-order chi connectivity index (χ1) is 16.7. The van der Waals surface area contributed by atoms with E-state index >= 15 is 0 Å². The minimum Gasteiger partial charge on any atom is -0.496 e. The number of benzene rings is 3. The number of aromatic nitrogens is 4. The Morgan fingerprint density at radius 1 is 0.941 bits per heavy atom. The largest absolute Gasteiger partial charge is 0.496 e. The molecule has 34 heavy (non-hydrogen) atoms. The van der Waals surface area contributed by atoms with Gasteiger partial charge in [0.05, 0.1) is 18.7 Å². The summed E-state index contributed by atoms with van der Waals surface area (Å²) in [6, 6.07) is 26.4. The summed E-state index contributed by atoms with van der Waals surface area (Å²) in [7, 11) is 1.69. The fourth-order valence-electron chi connectivity index (χ4n) is 4.07. The Balaban J connectivity index is 1.46. The normalized spacial score (nSPS) is 10.7. The number of para-hydroxylation sites is 1. The summed E-state index contributed by atoms with van der Waals surface area (Å²) >= 11 is 0. The first-order valence-electron chi connectivity index (χ1n) is 11.0. The van der Waals surface area contributed by atoms with Crippen LogP contribution < -0.4 is 4.74 Å². The van der Waals surface area contributed by atoms with E-state index in [2.05, 4.69) is 55.9 Å².